The average Bonchev–Trinajstić information content (AvgIpc) is 2.62. The standard InChI is InChI=1S/C21H21F3/c1-14-2-4-15(5-3-14)16-6-8-17(9-7-16)20(23)21(24)18-10-12-19(22)13-11-18/h6-15H,2-5H2,1H3. The summed E-state index contributed by atoms with van der Waals surface area (Å²) in [5.74, 6) is -1.05. The van der Waals surface area contributed by atoms with Gasteiger partial charge in [-0.2, -0.15) is 0 Å². The summed E-state index contributed by atoms with van der Waals surface area (Å²) in [5, 5.41) is 0. The van der Waals surface area contributed by atoms with Crippen LogP contribution >= 0.6 is 0 Å². The van der Waals surface area contributed by atoms with Crippen molar-refractivity contribution in [3.05, 3.63) is 71.0 Å². The normalized spacial score (nSPS) is 22.2. The van der Waals surface area contributed by atoms with E-state index in [1.165, 1.54) is 30.5 Å². The Labute approximate surface area is 141 Å². The Hall–Kier alpha value is -2.03. The second kappa shape index (κ2) is 7.25. The van der Waals surface area contributed by atoms with Crippen LogP contribution in [0.1, 0.15) is 55.2 Å². The Bertz CT molecular complexity index is 706. The van der Waals surface area contributed by atoms with Crippen molar-refractivity contribution in [3.63, 3.8) is 0 Å². The molecule has 0 spiro atoms. The highest BCUT2D eigenvalue weighted by atomic mass is 19.2. The zero-order chi connectivity index (χ0) is 17.1. The first-order valence-corrected chi connectivity index (χ1v) is 8.46. The highest BCUT2D eigenvalue weighted by Gasteiger charge is 2.20. The first-order valence-electron chi connectivity index (χ1n) is 8.46. The molecular formula is C21H21F3. The molecule has 126 valence electrons. The molecule has 0 saturated heterocycles. The molecule has 0 bridgehead atoms. The maximum atomic E-state index is 14.4. The largest absolute Gasteiger partial charge is 0.207 e. The molecule has 0 nitrogen and oxygen atoms in total. The summed E-state index contributed by atoms with van der Waals surface area (Å²) in [4.78, 5) is 0. The fourth-order valence-electron chi connectivity index (χ4n) is 3.34. The minimum atomic E-state index is -0.964. The summed E-state index contributed by atoms with van der Waals surface area (Å²) in [6, 6.07) is 11.8. The van der Waals surface area contributed by atoms with Crippen LogP contribution in [0.5, 0.6) is 0 Å². The summed E-state index contributed by atoms with van der Waals surface area (Å²) >= 11 is 0. The van der Waals surface area contributed by atoms with Crippen LogP contribution in [0.25, 0.3) is 11.7 Å². The Morgan fingerprint density at radius 2 is 1.21 bits per heavy atom. The van der Waals surface area contributed by atoms with Gasteiger partial charge in [-0.3, -0.25) is 0 Å². The van der Waals surface area contributed by atoms with Gasteiger partial charge in [0.1, 0.15) is 5.82 Å². The summed E-state index contributed by atoms with van der Waals surface area (Å²) in [7, 11) is 0. The molecule has 0 heterocycles. The zero-order valence-corrected chi connectivity index (χ0v) is 13.7. The van der Waals surface area contributed by atoms with Crippen molar-refractivity contribution >= 4 is 11.7 Å². The fraction of sp³-hybridized carbons (Fsp3) is 0.333. The molecule has 1 aliphatic carbocycles. The van der Waals surface area contributed by atoms with E-state index >= 15 is 0 Å². The summed E-state index contributed by atoms with van der Waals surface area (Å²) in [6.07, 6.45) is 4.76. The zero-order valence-electron chi connectivity index (χ0n) is 13.7. The summed E-state index contributed by atoms with van der Waals surface area (Å²) in [5.41, 5.74) is 1.45. The van der Waals surface area contributed by atoms with Crippen LogP contribution < -0.4 is 0 Å². The van der Waals surface area contributed by atoms with Gasteiger partial charge in [-0.05, 0) is 54.5 Å². The number of benzene rings is 2. The van der Waals surface area contributed by atoms with E-state index in [-0.39, 0.29) is 11.1 Å². The first-order chi connectivity index (χ1) is 11.5. The predicted octanol–water partition coefficient (Wildman–Crippen LogP) is 6.88. The Morgan fingerprint density at radius 3 is 1.71 bits per heavy atom. The molecule has 0 atom stereocenters. The fourth-order valence-corrected chi connectivity index (χ4v) is 3.34. The molecule has 2 aromatic carbocycles. The molecule has 24 heavy (non-hydrogen) atoms. The molecule has 1 fully saturated rings. The van der Waals surface area contributed by atoms with Crippen molar-refractivity contribution < 1.29 is 13.2 Å². The lowest BCUT2D eigenvalue weighted by atomic mass is 9.79. The van der Waals surface area contributed by atoms with Crippen molar-refractivity contribution in [2.75, 3.05) is 0 Å². The molecule has 3 heteroatoms. The van der Waals surface area contributed by atoms with Crippen molar-refractivity contribution in [2.45, 2.75) is 38.5 Å². The lowest BCUT2D eigenvalue weighted by Gasteiger charge is -2.26. The molecule has 3 rings (SSSR count). The van der Waals surface area contributed by atoms with Gasteiger partial charge in [0.15, 0.2) is 11.7 Å². The minimum Gasteiger partial charge on any atom is -0.207 e. The molecule has 0 aliphatic heterocycles. The third-order valence-electron chi connectivity index (χ3n) is 4.94. The van der Waals surface area contributed by atoms with Gasteiger partial charge >= 0.3 is 0 Å². The summed E-state index contributed by atoms with van der Waals surface area (Å²) in [6.45, 7) is 2.28. The van der Waals surface area contributed by atoms with E-state index in [0.717, 1.165) is 30.9 Å². The molecule has 0 N–H and O–H groups in total. The highest BCUT2D eigenvalue weighted by Crippen LogP contribution is 2.36. The maximum Gasteiger partial charge on any atom is 0.166 e. The number of hydrogen-bond donors (Lipinski definition) is 0. The minimum absolute atomic E-state index is 0.0410. The smallest absolute Gasteiger partial charge is 0.166 e. The number of hydrogen-bond acceptors (Lipinski definition) is 0. The van der Waals surface area contributed by atoms with Crippen LogP contribution in [-0.2, 0) is 0 Å². The van der Waals surface area contributed by atoms with Crippen LogP contribution in [0, 0.1) is 11.7 Å². The first kappa shape index (κ1) is 16.8. The highest BCUT2D eigenvalue weighted by molar-refractivity contribution is 5.83. The van der Waals surface area contributed by atoms with E-state index in [2.05, 4.69) is 6.92 Å². The van der Waals surface area contributed by atoms with E-state index in [1.807, 2.05) is 12.1 Å². The van der Waals surface area contributed by atoms with E-state index in [1.54, 1.807) is 12.1 Å². The van der Waals surface area contributed by atoms with Gasteiger partial charge in [0.25, 0.3) is 0 Å². The Balaban J connectivity index is 1.79. The topological polar surface area (TPSA) is 0 Å². The van der Waals surface area contributed by atoms with Crippen molar-refractivity contribution in [1.29, 1.82) is 0 Å². The van der Waals surface area contributed by atoms with Gasteiger partial charge < -0.3 is 0 Å². The van der Waals surface area contributed by atoms with Gasteiger partial charge in [0, 0.05) is 11.1 Å². The van der Waals surface area contributed by atoms with Crippen LogP contribution in [0.15, 0.2) is 48.5 Å². The second-order valence-corrected chi connectivity index (χ2v) is 6.71. The number of halogens is 3. The van der Waals surface area contributed by atoms with E-state index in [0.29, 0.717) is 5.92 Å². The molecule has 0 amide bonds. The predicted molar refractivity (Wildman–Crippen MR) is 92.2 cm³/mol. The van der Waals surface area contributed by atoms with Gasteiger partial charge in [-0.1, -0.05) is 44.0 Å². The van der Waals surface area contributed by atoms with Crippen molar-refractivity contribution in [3.8, 4) is 0 Å². The third-order valence-corrected chi connectivity index (χ3v) is 4.94. The number of rotatable bonds is 3. The molecular weight excluding hydrogens is 309 g/mol. The lowest BCUT2D eigenvalue weighted by molar-refractivity contribution is 0.348. The quantitative estimate of drug-likeness (QED) is 0.538. The van der Waals surface area contributed by atoms with E-state index < -0.39 is 17.5 Å². The second-order valence-electron chi connectivity index (χ2n) is 6.71. The lowest BCUT2D eigenvalue weighted by Crippen LogP contribution is -2.10. The third kappa shape index (κ3) is 3.72. The molecule has 0 aromatic heterocycles. The molecule has 2 aromatic rings. The molecule has 0 unspecified atom stereocenters. The SMILES string of the molecule is CC1CCC(c2ccc(C(F)=C(F)c3ccc(F)cc3)cc2)CC1. The van der Waals surface area contributed by atoms with Gasteiger partial charge in [0.05, 0.1) is 0 Å². The maximum absolute atomic E-state index is 14.4. The summed E-state index contributed by atoms with van der Waals surface area (Å²) < 4.78 is 41.5. The monoisotopic (exact) mass is 330 g/mol. The van der Waals surface area contributed by atoms with E-state index in [9.17, 15) is 13.2 Å². The van der Waals surface area contributed by atoms with E-state index in [4.69, 9.17) is 0 Å². The Kier molecular flexibility index (Phi) is 5.08. The van der Waals surface area contributed by atoms with Gasteiger partial charge in [0.2, 0.25) is 0 Å². The average molecular weight is 330 g/mol. The molecule has 1 aliphatic rings. The van der Waals surface area contributed by atoms with Crippen molar-refractivity contribution in [2.24, 2.45) is 5.92 Å². The van der Waals surface area contributed by atoms with Crippen LogP contribution in [0.3, 0.4) is 0 Å². The van der Waals surface area contributed by atoms with Crippen LogP contribution in [-0.4, -0.2) is 0 Å². The molecule has 1 saturated carbocycles. The Morgan fingerprint density at radius 1 is 0.750 bits per heavy atom. The van der Waals surface area contributed by atoms with Crippen LogP contribution in [0.2, 0.25) is 0 Å². The molecule has 0 radical (unpaired) electrons. The van der Waals surface area contributed by atoms with Gasteiger partial charge in [-0.15, -0.1) is 0 Å². The van der Waals surface area contributed by atoms with Crippen LogP contribution in [0.4, 0.5) is 13.2 Å². The van der Waals surface area contributed by atoms with Crippen molar-refractivity contribution in [1.82, 2.24) is 0 Å². The van der Waals surface area contributed by atoms with Gasteiger partial charge in [-0.25, -0.2) is 13.2 Å².